The minimum absolute atomic E-state index is 0. The number of halogens is 2. The van der Waals surface area contributed by atoms with Crippen LogP contribution in [0.3, 0.4) is 0 Å². The number of hydrogen-bond acceptors (Lipinski definition) is 3. The number of aryl methyl sites for hydroxylation is 1. The molecular weight excluding hydrogens is 369 g/mol. The maximum absolute atomic E-state index is 13.9. The SMILES string of the molecule is Cc1ccc(N)cc1C(=O)N1CCCN(C(=O)c2ccccc2F)CC1.Cl. The maximum Gasteiger partial charge on any atom is 0.256 e. The number of carbonyl (C=O) groups is 2. The van der Waals surface area contributed by atoms with E-state index in [9.17, 15) is 14.0 Å². The van der Waals surface area contributed by atoms with Gasteiger partial charge in [0.1, 0.15) is 5.82 Å². The molecule has 0 aliphatic carbocycles. The number of nitrogen functional groups attached to an aromatic ring is 1. The third kappa shape index (κ3) is 4.57. The molecule has 0 bridgehead atoms. The van der Waals surface area contributed by atoms with Gasteiger partial charge in [-0.15, -0.1) is 12.4 Å². The van der Waals surface area contributed by atoms with Crippen LogP contribution in [0.15, 0.2) is 42.5 Å². The van der Waals surface area contributed by atoms with E-state index < -0.39 is 5.82 Å². The molecular formula is C20H23ClFN3O2. The molecule has 1 saturated heterocycles. The maximum atomic E-state index is 13.9. The molecule has 2 aromatic rings. The average Bonchev–Trinajstić information content (AvgIpc) is 2.89. The summed E-state index contributed by atoms with van der Waals surface area (Å²) in [5, 5.41) is 0. The predicted molar refractivity (Wildman–Crippen MR) is 106 cm³/mol. The summed E-state index contributed by atoms with van der Waals surface area (Å²) in [7, 11) is 0. The van der Waals surface area contributed by atoms with Crippen LogP contribution in [0, 0.1) is 12.7 Å². The first-order chi connectivity index (χ1) is 12.5. The van der Waals surface area contributed by atoms with E-state index in [2.05, 4.69) is 0 Å². The van der Waals surface area contributed by atoms with Gasteiger partial charge in [0.15, 0.2) is 0 Å². The Bertz CT molecular complexity index is 844. The molecule has 0 spiro atoms. The fraction of sp³-hybridized carbons (Fsp3) is 0.300. The van der Waals surface area contributed by atoms with E-state index in [4.69, 9.17) is 5.73 Å². The Hall–Kier alpha value is -2.60. The van der Waals surface area contributed by atoms with Gasteiger partial charge in [0.05, 0.1) is 5.56 Å². The number of anilines is 1. The Morgan fingerprint density at radius 1 is 0.926 bits per heavy atom. The molecule has 7 heteroatoms. The molecule has 0 saturated carbocycles. The summed E-state index contributed by atoms with van der Waals surface area (Å²) in [6.07, 6.45) is 0.646. The van der Waals surface area contributed by atoms with Gasteiger partial charge in [-0.1, -0.05) is 18.2 Å². The lowest BCUT2D eigenvalue weighted by molar-refractivity contribution is 0.0716. The zero-order valence-electron chi connectivity index (χ0n) is 15.2. The molecule has 1 heterocycles. The van der Waals surface area contributed by atoms with Gasteiger partial charge in [0.25, 0.3) is 11.8 Å². The van der Waals surface area contributed by atoms with E-state index in [1.165, 1.54) is 12.1 Å². The molecule has 0 radical (unpaired) electrons. The number of amides is 2. The lowest BCUT2D eigenvalue weighted by atomic mass is 10.1. The highest BCUT2D eigenvalue weighted by atomic mass is 35.5. The standard InChI is InChI=1S/C20H22FN3O2.ClH/c1-14-7-8-15(22)13-17(14)20(26)24-10-4-9-23(11-12-24)19(25)16-5-2-3-6-18(16)21;/h2-3,5-8,13H,4,9-12,22H2,1H3;1H. The summed E-state index contributed by atoms with van der Waals surface area (Å²) in [6.45, 7) is 3.70. The van der Waals surface area contributed by atoms with Crippen LogP contribution in [0.5, 0.6) is 0 Å². The van der Waals surface area contributed by atoms with Crippen LogP contribution in [0.4, 0.5) is 10.1 Å². The highest BCUT2D eigenvalue weighted by molar-refractivity contribution is 5.97. The van der Waals surface area contributed by atoms with Crippen molar-refractivity contribution in [1.82, 2.24) is 9.80 Å². The van der Waals surface area contributed by atoms with Crippen LogP contribution in [-0.4, -0.2) is 47.8 Å². The van der Waals surface area contributed by atoms with E-state index in [0.29, 0.717) is 43.9 Å². The zero-order chi connectivity index (χ0) is 18.7. The lowest BCUT2D eigenvalue weighted by Crippen LogP contribution is -2.37. The molecule has 0 unspecified atom stereocenters. The van der Waals surface area contributed by atoms with E-state index in [0.717, 1.165) is 5.56 Å². The molecule has 3 rings (SSSR count). The van der Waals surface area contributed by atoms with Crippen molar-refractivity contribution in [3.8, 4) is 0 Å². The Morgan fingerprint density at radius 2 is 1.52 bits per heavy atom. The molecule has 2 N–H and O–H groups in total. The van der Waals surface area contributed by atoms with Crippen molar-refractivity contribution >= 4 is 29.9 Å². The number of rotatable bonds is 2. The summed E-state index contributed by atoms with van der Waals surface area (Å²) in [4.78, 5) is 28.8. The minimum Gasteiger partial charge on any atom is -0.399 e. The molecule has 0 aromatic heterocycles. The molecule has 0 atom stereocenters. The quantitative estimate of drug-likeness (QED) is 0.800. The molecule has 5 nitrogen and oxygen atoms in total. The summed E-state index contributed by atoms with van der Waals surface area (Å²) in [5.41, 5.74) is 7.87. The second-order valence-corrected chi connectivity index (χ2v) is 6.49. The highest BCUT2D eigenvalue weighted by Gasteiger charge is 2.25. The Labute approximate surface area is 164 Å². The molecule has 27 heavy (non-hydrogen) atoms. The van der Waals surface area contributed by atoms with Gasteiger partial charge in [-0.2, -0.15) is 0 Å². The first-order valence-corrected chi connectivity index (χ1v) is 8.66. The first-order valence-electron chi connectivity index (χ1n) is 8.66. The van der Waals surface area contributed by atoms with Crippen molar-refractivity contribution in [3.63, 3.8) is 0 Å². The van der Waals surface area contributed by atoms with Crippen molar-refractivity contribution < 1.29 is 14.0 Å². The van der Waals surface area contributed by atoms with Crippen molar-refractivity contribution in [2.75, 3.05) is 31.9 Å². The topological polar surface area (TPSA) is 66.6 Å². The number of nitrogens with two attached hydrogens (primary N) is 1. The predicted octanol–water partition coefficient (Wildman–Crippen LogP) is 3.13. The van der Waals surface area contributed by atoms with Crippen LogP contribution in [0.1, 0.15) is 32.7 Å². The number of carbonyl (C=O) groups excluding carboxylic acids is 2. The molecule has 1 aliphatic heterocycles. The van der Waals surface area contributed by atoms with Gasteiger partial charge >= 0.3 is 0 Å². The molecule has 144 valence electrons. The van der Waals surface area contributed by atoms with E-state index in [-0.39, 0.29) is 29.8 Å². The van der Waals surface area contributed by atoms with E-state index in [1.807, 2.05) is 13.0 Å². The molecule has 1 aliphatic rings. The van der Waals surface area contributed by atoms with Gasteiger partial charge < -0.3 is 15.5 Å². The smallest absolute Gasteiger partial charge is 0.256 e. The highest BCUT2D eigenvalue weighted by Crippen LogP contribution is 2.17. The fourth-order valence-corrected chi connectivity index (χ4v) is 3.17. The van der Waals surface area contributed by atoms with Crippen LogP contribution in [0.2, 0.25) is 0 Å². The summed E-state index contributed by atoms with van der Waals surface area (Å²) in [6, 6.07) is 11.3. The van der Waals surface area contributed by atoms with Crippen molar-refractivity contribution in [2.24, 2.45) is 0 Å². The average molecular weight is 392 g/mol. The molecule has 1 fully saturated rings. The van der Waals surface area contributed by atoms with Gasteiger partial charge in [-0.05, 0) is 43.2 Å². The number of nitrogens with zero attached hydrogens (tertiary/aromatic N) is 2. The Kier molecular flexibility index (Phi) is 6.80. The summed E-state index contributed by atoms with van der Waals surface area (Å²) >= 11 is 0. The van der Waals surface area contributed by atoms with Crippen LogP contribution in [0.25, 0.3) is 0 Å². The Morgan fingerprint density at radius 3 is 2.15 bits per heavy atom. The summed E-state index contributed by atoms with van der Waals surface area (Å²) < 4.78 is 13.9. The minimum atomic E-state index is -0.523. The van der Waals surface area contributed by atoms with E-state index in [1.54, 1.807) is 34.1 Å². The first kappa shape index (κ1) is 20.7. The Balaban J connectivity index is 0.00000261. The third-order valence-corrected chi connectivity index (χ3v) is 4.67. The molecule has 2 amide bonds. The van der Waals surface area contributed by atoms with E-state index >= 15 is 0 Å². The second kappa shape index (κ2) is 8.86. The van der Waals surface area contributed by atoms with Crippen LogP contribution in [-0.2, 0) is 0 Å². The molecule has 2 aromatic carbocycles. The third-order valence-electron chi connectivity index (χ3n) is 4.67. The van der Waals surface area contributed by atoms with Crippen LogP contribution < -0.4 is 5.73 Å². The monoisotopic (exact) mass is 391 g/mol. The zero-order valence-corrected chi connectivity index (χ0v) is 16.0. The van der Waals surface area contributed by atoms with Gasteiger partial charge in [0, 0.05) is 37.4 Å². The normalized spacial score (nSPS) is 14.3. The second-order valence-electron chi connectivity index (χ2n) is 6.49. The van der Waals surface area contributed by atoms with Crippen molar-refractivity contribution in [2.45, 2.75) is 13.3 Å². The van der Waals surface area contributed by atoms with Gasteiger partial charge in [-0.25, -0.2) is 4.39 Å². The van der Waals surface area contributed by atoms with Crippen molar-refractivity contribution in [3.05, 3.63) is 65.0 Å². The lowest BCUT2D eigenvalue weighted by Gasteiger charge is -2.23. The summed E-state index contributed by atoms with van der Waals surface area (Å²) in [5.74, 6) is -0.947. The van der Waals surface area contributed by atoms with Crippen LogP contribution >= 0.6 is 12.4 Å². The largest absolute Gasteiger partial charge is 0.399 e. The van der Waals surface area contributed by atoms with Gasteiger partial charge in [0.2, 0.25) is 0 Å². The fourth-order valence-electron chi connectivity index (χ4n) is 3.17. The van der Waals surface area contributed by atoms with Crippen molar-refractivity contribution in [1.29, 1.82) is 0 Å². The van der Waals surface area contributed by atoms with Gasteiger partial charge in [-0.3, -0.25) is 9.59 Å². The number of hydrogen-bond donors (Lipinski definition) is 1. The number of benzene rings is 2.